The summed E-state index contributed by atoms with van der Waals surface area (Å²) < 4.78 is 0. The second kappa shape index (κ2) is 5.56. The molecule has 4 heteroatoms. The van der Waals surface area contributed by atoms with Gasteiger partial charge in [-0.15, -0.1) is 0 Å². The van der Waals surface area contributed by atoms with Crippen LogP contribution in [-0.2, 0) is 0 Å². The summed E-state index contributed by atoms with van der Waals surface area (Å²) in [7, 11) is 0. The van der Waals surface area contributed by atoms with E-state index in [-0.39, 0.29) is 11.8 Å². The number of hydrazone groups is 1. The normalized spacial score (nSPS) is 14.2. The number of nitrogens with zero attached hydrogens (tertiary/aromatic N) is 2. The van der Waals surface area contributed by atoms with E-state index in [1.54, 1.807) is 24.3 Å². The fourth-order valence-corrected chi connectivity index (χ4v) is 2.37. The molecular formula is C18H16N2O2. The third-order valence-corrected chi connectivity index (χ3v) is 3.70. The molecule has 0 saturated carbocycles. The average molecular weight is 292 g/mol. The van der Waals surface area contributed by atoms with Gasteiger partial charge in [-0.2, -0.15) is 10.1 Å². The lowest BCUT2D eigenvalue weighted by atomic mass is 10.0. The van der Waals surface area contributed by atoms with E-state index in [0.29, 0.717) is 17.0 Å². The Labute approximate surface area is 129 Å². The zero-order valence-electron chi connectivity index (χ0n) is 12.5. The van der Waals surface area contributed by atoms with Crippen LogP contribution in [0.15, 0.2) is 53.6 Å². The highest BCUT2D eigenvalue weighted by Gasteiger charge is 2.35. The number of hydrogen-bond donors (Lipinski definition) is 0. The number of rotatable bonds is 3. The van der Waals surface area contributed by atoms with Gasteiger partial charge in [0.1, 0.15) is 0 Å². The highest BCUT2D eigenvalue weighted by molar-refractivity contribution is 6.21. The maximum Gasteiger partial charge on any atom is 0.282 e. The summed E-state index contributed by atoms with van der Waals surface area (Å²) in [5.41, 5.74) is 2.89. The van der Waals surface area contributed by atoms with Gasteiger partial charge in [-0.3, -0.25) is 9.59 Å². The standard InChI is InChI=1S/C18H16N2O2/c1-12(2)14-9-7-13(8-10-14)11-19-20-17(21)15-5-3-4-6-16(15)18(20)22/h3-12H,1-2H3/b19-11+. The smallest absolute Gasteiger partial charge is 0.267 e. The van der Waals surface area contributed by atoms with Gasteiger partial charge in [-0.05, 0) is 29.2 Å². The van der Waals surface area contributed by atoms with E-state index in [4.69, 9.17) is 0 Å². The van der Waals surface area contributed by atoms with Crippen LogP contribution in [0.2, 0.25) is 0 Å². The van der Waals surface area contributed by atoms with Gasteiger partial charge in [0, 0.05) is 0 Å². The molecule has 0 saturated heterocycles. The topological polar surface area (TPSA) is 49.7 Å². The Kier molecular flexibility index (Phi) is 3.59. The number of fused-ring (bicyclic) bond motifs is 1. The van der Waals surface area contributed by atoms with Crippen LogP contribution in [0.4, 0.5) is 0 Å². The summed E-state index contributed by atoms with van der Waals surface area (Å²) in [4.78, 5) is 24.3. The predicted molar refractivity (Wildman–Crippen MR) is 85.1 cm³/mol. The summed E-state index contributed by atoms with van der Waals surface area (Å²) >= 11 is 0. The average Bonchev–Trinajstić information content (AvgIpc) is 2.78. The van der Waals surface area contributed by atoms with Crippen molar-refractivity contribution in [2.75, 3.05) is 0 Å². The lowest BCUT2D eigenvalue weighted by molar-refractivity contribution is 0.0660. The summed E-state index contributed by atoms with van der Waals surface area (Å²) in [6, 6.07) is 14.7. The molecule has 0 unspecified atom stereocenters. The molecule has 0 radical (unpaired) electrons. The molecule has 1 aliphatic heterocycles. The zero-order chi connectivity index (χ0) is 15.7. The Morgan fingerprint density at radius 1 is 0.909 bits per heavy atom. The first kappa shape index (κ1) is 14.2. The molecule has 2 aromatic rings. The van der Waals surface area contributed by atoms with Crippen LogP contribution in [0, 0.1) is 0 Å². The van der Waals surface area contributed by atoms with Crippen LogP contribution < -0.4 is 0 Å². The monoisotopic (exact) mass is 292 g/mol. The molecule has 110 valence electrons. The third kappa shape index (κ3) is 2.44. The van der Waals surface area contributed by atoms with Crippen molar-refractivity contribution in [2.45, 2.75) is 19.8 Å². The van der Waals surface area contributed by atoms with Crippen molar-refractivity contribution >= 4 is 18.0 Å². The van der Waals surface area contributed by atoms with Gasteiger partial charge in [0.15, 0.2) is 0 Å². The molecule has 4 nitrogen and oxygen atoms in total. The quantitative estimate of drug-likeness (QED) is 0.642. The molecule has 1 aliphatic rings. The van der Waals surface area contributed by atoms with Crippen molar-refractivity contribution in [1.82, 2.24) is 5.01 Å². The Bertz CT molecular complexity index is 726. The SMILES string of the molecule is CC(C)c1ccc(/C=N/N2C(=O)c3ccccc3C2=O)cc1. The minimum atomic E-state index is -0.379. The molecule has 0 atom stereocenters. The van der Waals surface area contributed by atoms with E-state index in [1.165, 1.54) is 11.8 Å². The fourth-order valence-electron chi connectivity index (χ4n) is 2.37. The second-order valence-corrected chi connectivity index (χ2v) is 5.53. The second-order valence-electron chi connectivity index (χ2n) is 5.53. The predicted octanol–water partition coefficient (Wildman–Crippen LogP) is 3.44. The van der Waals surface area contributed by atoms with Crippen molar-refractivity contribution in [2.24, 2.45) is 5.10 Å². The van der Waals surface area contributed by atoms with Gasteiger partial charge < -0.3 is 0 Å². The zero-order valence-corrected chi connectivity index (χ0v) is 12.5. The Hall–Kier alpha value is -2.75. The highest BCUT2D eigenvalue weighted by atomic mass is 16.2. The number of carbonyl (C=O) groups is 2. The van der Waals surface area contributed by atoms with Crippen LogP contribution in [0.25, 0.3) is 0 Å². The van der Waals surface area contributed by atoms with Crippen molar-refractivity contribution in [1.29, 1.82) is 0 Å². The van der Waals surface area contributed by atoms with Crippen LogP contribution >= 0.6 is 0 Å². The van der Waals surface area contributed by atoms with Gasteiger partial charge in [0.2, 0.25) is 0 Å². The van der Waals surface area contributed by atoms with Gasteiger partial charge >= 0.3 is 0 Å². The van der Waals surface area contributed by atoms with E-state index in [9.17, 15) is 9.59 Å². The van der Waals surface area contributed by atoms with Crippen LogP contribution in [0.3, 0.4) is 0 Å². The lowest BCUT2D eigenvalue weighted by Gasteiger charge is -2.07. The minimum Gasteiger partial charge on any atom is -0.267 e. The van der Waals surface area contributed by atoms with E-state index in [2.05, 4.69) is 18.9 Å². The van der Waals surface area contributed by atoms with Crippen molar-refractivity contribution in [3.63, 3.8) is 0 Å². The number of hydrogen-bond acceptors (Lipinski definition) is 3. The molecule has 3 rings (SSSR count). The minimum absolute atomic E-state index is 0.379. The van der Waals surface area contributed by atoms with Crippen molar-refractivity contribution in [3.05, 3.63) is 70.8 Å². The highest BCUT2D eigenvalue weighted by Crippen LogP contribution is 2.22. The first-order valence-electron chi connectivity index (χ1n) is 7.19. The van der Waals surface area contributed by atoms with Crippen LogP contribution in [0.5, 0.6) is 0 Å². The molecule has 0 aromatic heterocycles. The van der Waals surface area contributed by atoms with Gasteiger partial charge in [0.05, 0.1) is 17.3 Å². The molecule has 0 bridgehead atoms. The molecule has 2 amide bonds. The molecule has 2 aromatic carbocycles. The van der Waals surface area contributed by atoms with Gasteiger partial charge in [-0.1, -0.05) is 50.2 Å². The summed E-state index contributed by atoms with van der Waals surface area (Å²) in [5.74, 6) is -0.298. The largest absolute Gasteiger partial charge is 0.282 e. The number of amides is 2. The Balaban J connectivity index is 1.82. The summed E-state index contributed by atoms with van der Waals surface area (Å²) in [6.45, 7) is 4.25. The van der Waals surface area contributed by atoms with Crippen molar-refractivity contribution < 1.29 is 9.59 Å². The van der Waals surface area contributed by atoms with E-state index >= 15 is 0 Å². The van der Waals surface area contributed by atoms with Crippen molar-refractivity contribution in [3.8, 4) is 0 Å². The molecule has 0 aliphatic carbocycles. The third-order valence-electron chi connectivity index (χ3n) is 3.70. The summed E-state index contributed by atoms with van der Waals surface area (Å²) in [6.07, 6.45) is 1.53. The Morgan fingerprint density at radius 3 is 1.95 bits per heavy atom. The molecule has 0 spiro atoms. The number of carbonyl (C=O) groups excluding carboxylic acids is 2. The summed E-state index contributed by atoms with van der Waals surface area (Å²) in [5, 5.41) is 4.97. The molecule has 22 heavy (non-hydrogen) atoms. The molecular weight excluding hydrogens is 276 g/mol. The molecule has 0 N–H and O–H groups in total. The van der Waals surface area contributed by atoms with Gasteiger partial charge in [0.25, 0.3) is 11.8 Å². The first-order chi connectivity index (χ1) is 10.6. The van der Waals surface area contributed by atoms with E-state index in [1.807, 2.05) is 24.3 Å². The van der Waals surface area contributed by atoms with Crippen LogP contribution in [-0.4, -0.2) is 23.0 Å². The van der Waals surface area contributed by atoms with E-state index < -0.39 is 0 Å². The maximum atomic E-state index is 12.2. The number of imide groups is 1. The Morgan fingerprint density at radius 2 is 1.45 bits per heavy atom. The molecule has 1 heterocycles. The lowest BCUT2D eigenvalue weighted by Crippen LogP contribution is -2.23. The fraction of sp³-hybridized carbons (Fsp3) is 0.167. The molecule has 0 fully saturated rings. The van der Waals surface area contributed by atoms with Crippen LogP contribution in [0.1, 0.15) is 51.6 Å². The van der Waals surface area contributed by atoms with Gasteiger partial charge in [-0.25, -0.2) is 0 Å². The van der Waals surface area contributed by atoms with E-state index in [0.717, 1.165) is 10.6 Å². The number of benzene rings is 2. The maximum absolute atomic E-state index is 12.2. The first-order valence-corrected chi connectivity index (χ1v) is 7.19.